The molecule has 5 heterocycles. The van der Waals surface area contributed by atoms with Crippen LogP contribution in [-0.2, 0) is 13.0 Å². The van der Waals surface area contributed by atoms with E-state index in [9.17, 15) is 13.6 Å². The summed E-state index contributed by atoms with van der Waals surface area (Å²) in [4.78, 5) is 26.9. The van der Waals surface area contributed by atoms with Crippen molar-refractivity contribution in [1.29, 1.82) is 0 Å². The van der Waals surface area contributed by atoms with Crippen molar-refractivity contribution in [2.24, 2.45) is 0 Å². The Kier molecular flexibility index (Phi) is 5.05. The number of halogens is 3. The Labute approximate surface area is 186 Å². The fourth-order valence-electron chi connectivity index (χ4n) is 3.98. The molecule has 1 aliphatic heterocycles. The first-order chi connectivity index (χ1) is 15.4. The van der Waals surface area contributed by atoms with Crippen molar-refractivity contribution in [2.45, 2.75) is 26.3 Å². The van der Waals surface area contributed by atoms with Crippen LogP contribution in [0.1, 0.15) is 28.8 Å². The normalized spacial score (nSPS) is 13.6. The molecule has 162 valence electrons. The van der Waals surface area contributed by atoms with E-state index < -0.39 is 6.43 Å². The number of anilines is 1. The number of rotatable bonds is 3. The first-order valence-corrected chi connectivity index (χ1v) is 10.3. The van der Waals surface area contributed by atoms with Gasteiger partial charge in [-0.15, -0.1) is 5.10 Å². The molecule has 0 radical (unpaired) electrons. The molecule has 1 aliphatic rings. The van der Waals surface area contributed by atoms with Gasteiger partial charge in [-0.25, -0.2) is 18.7 Å². The second kappa shape index (κ2) is 7.90. The molecule has 7 nitrogen and oxygen atoms in total. The first kappa shape index (κ1) is 20.4. The lowest BCUT2D eigenvalue weighted by atomic mass is 9.98. The highest BCUT2D eigenvalue weighted by atomic mass is 35.5. The molecule has 0 aromatic carbocycles. The highest BCUT2D eigenvalue weighted by Gasteiger charge is 2.23. The SMILES string of the molecule is Cc1cc2nccc(=O)n2nc1N1CCc2ncc(-c3cnc(Cl)cc3C(F)F)cc2C1. The van der Waals surface area contributed by atoms with Crippen molar-refractivity contribution >= 4 is 23.1 Å². The van der Waals surface area contributed by atoms with Crippen molar-refractivity contribution in [1.82, 2.24) is 24.6 Å². The average molecular weight is 455 g/mol. The topological polar surface area (TPSA) is 76.3 Å². The largest absolute Gasteiger partial charge is 0.350 e. The van der Waals surface area contributed by atoms with Gasteiger partial charge in [-0.3, -0.25) is 9.78 Å². The number of aromatic nitrogens is 5. The van der Waals surface area contributed by atoms with Gasteiger partial charge >= 0.3 is 0 Å². The second-order valence-corrected chi connectivity index (χ2v) is 7.99. The van der Waals surface area contributed by atoms with Crippen molar-refractivity contribution < 1.29 is 8.78 Å². The van der Waals surface area contributed by atoms with E-state index in [0.717, 1.165) is 16.8 Å². The summed E-state index contributed by atoms with van der Waals surface area (Å²) in [6.07, 6.45) is 2.38. The fourth-order valence-corrected chi connectivity index (χ4v) is 4.15. The van der Waals surface area contributed by atoms with Gasteiger partial charge in [0.1, 0.15) is 5.15 Å². The van der Waals surface area contributed by atoms with Crippen LogP contribution in [-0.4, -0.2) is 31.1 Å². The van der Waals surface area contributed by atoms with Crippen LogP contribution in [0.5, 0.6) is 0 Å². The molecule has 0 fully saturated rings. The highest BCUT2D eigenvalue weighted by Crippen LogP contribution is 2.34. The zero-order chi connectivity index (χ0) is 22.4. The molecule has 0 N–H and O–H groups in total. The lowest BCUT2D eigenvalue weighted by Gasteiger charge is -2.30. The van der Waals surface area contributed by atoms with Crippen molar-refractivity contribution in [3.63, 3.8) is 0 Å². The quantitative estimate of drug-likeness (QED) is 0.435. The van der Waals surface area contributed by atoms with E-state index in [1.807, 2.05) is 19.1 Å². The molecule has 4 aromatic rings. The van der Waals surface area contributed by atoms with Crippen LogP contribution >= 0.6 is 11.6 Å². The van der Waals surface area contributed by atoms with Gasteiger partial charge in [-0.2, -0.15) is 4.52 Å². The second-order valence-electron chi connectivity index (χ2n) is 7.60. The van der Waals surface area contributed by atoms with Crippen LogP contribution in [0.25, 0.3) is 16.8 Å². The van der Waals surface area contributed by atoms with E-state index in [-0.39, 0.29) is 16.3 Å². The number of hydrogen-bond acceptors (Lipinski definition) is 6. The van der Waals surface area contributed by atoms with Crippen LogP contribution in [0.4, 0.5) is 14.6 Å². The summed E-state index contributed by atoms with van der Waals surface area (Å²) >= 11 is 5.82. The Morgan fingerprint density at radius 3 is 2.78 bits per heavy atom. The third-order valence-electron chi connectivity index (χ3n) is 5.53. The van der Waals surface area contributed by atoms with Crippen molar-refractivity contribution in [2.75, 3.05) is 11.4 Å². The molecule has 0 bridgehead atoms. The van der Waals surface area contributed by atoms with E-state index >= 15 is 0 Å². The Morgan fingerprint density at radius 1 is 1.12 bits per heavy atom. The lowest BCUT2D eigenvalue weighted by Crippen LogP contribution is -2.33. The van der Waals surface area contributed by atoms with Crippen LogP contribution in [0.2, 0.25) is 5.15 Å². The first-order valence-electron chi connectivity index (χ1n) is 9.93. The molecule has 0 spiro atoms. The van der Waals surface area contributed by atoms with Gasteiger partial charge in [0.05, 0.1) is 0 Å². The minimum Gasteiger partial charge on any atom is -0.350 e. The van der Waals surface area contributed by atoms with E-state index in [4.69, 9.17) is 11.6 Å². The van der Waals surface area contributed by atoms with Gasteiger partial charge in [0.25, 0.3) is 12.0 Å². The summed E-state index contributed by atoms with van der Waals surface area (Å²) < 4.78 is 28.4. The summed E-state index contributed by atoms with van der Waals surface area (Å²) in [5.74, 6) is 0.671. The van der Waals surface area contributed by atoms with Crippen LogP contribution in [0.15, 0.2) is 47.7 Å². The molecule has 0 saturated carbocycles. The van der Waals surface area contributed by atoms with E-state index in [0.29, 0.717) is 42.1 Å². The molecule has 0 saturated heterocycles. The molecular formula is C22H17ClF2N6O. The average Bonchev–Trinajstić information content (AvgIpc) is 2.78. The minimum absolute atomic E-state index is 0.0173. The summed E-state index contributed by atoms with van der Waals surface area (Å²) in [7, 11) is 0. The summed E-state index contributed by atoms with van der Waals surface area (Å²) in [5, 5.41) is 4.54. The molecule has 0 aliphatic carbocycles. The zero-order valence-corrected chi connectivity index (χ0v) is 17.7. The molecular weight excluding hydrogens is 438 g/mol. The summed E-state index contributed by atoms with van der Waals surface area (Å²) in [6.45, 7) is 3.06. The standard InChI is InChI=1S/C22H17ClF2N6O/c1-12-6-19-26-4-2-20(32)31(19)29-22(12)30-5-3-17-14(11-30)7-13(9-27-17)16-10-28-18(23)8-15(16)21(24)25/h2,4,6-10,21H,3,5,11H2,1H3. The molecule has 4 aromatic heterocycles. The molecule has 32 heavy (non-hydrogen) atoms. The minimum atomic E-state index is -2.69. The number of alkyl halides is 2. The Morgan fingerprint density at radius 2 is 1.97 bits per heavy atom. The highest BCUT2D eigenvalue weighted by molar-refractivity contribution is 6.29. The number of pyridine rings is 2. The summed E-state index contributed by atoms with van der Waals surface area (Å²) in [5.41, 5.74) is 3.59. The van der Waals surface area contributed by atoms with E-state index in [1.54, 1.807) is 6.20 Å². The maximum atomic E-state index is 13.6. The smallest absolute Gasteiger partial charge is 0.274 e. The maximum Gasteiger partial charge on any atom is 0.274 e. The third-order valence-corrected chi connectivity index (χ3v) is 5.74. The molecule has 5 rings (SSSR count). The molecule has 0 atom stereocenters. The predicted octanol–water partition coefficient (Wildman–Crippen LogP) is 4.01. The molecule has 10 heteroatoms. The van der Waals surface area contributed by atoms with Gasteiger partial charge < -0.3 is 4.90 Å². The Balaban J connectivity index is 1.54. The monoisotopic (exact) mass is 454 g/mol. The fraction of sp³-hybridized carbons (Fsp3) is 0.227. The summed E-state index contributed by atoms with van der Waals surface area (Å²) in [6, 6.07) is 6.22. The zero-order valence-electron chi connectivity index (χ0n) is 17.0. The number of fused-ring (bicyclic) bond motifs is 2. The van der Waals surface area contributed by atoms with Gasteiger partial charge in [-0.05, 0) is 36.2 Å². The number of aryl methyl sites for hydroxylation is 1. The third kappa shape index (κ3) is 3.58. The van der Waals surface area contributed by atoms with Crippen molar-refractivity contribution in [3.8, 4) is 11.1 Å². The number of hydrogen-bond donors (Lipinski definition) is 0. The maximum absolute atomic E-state index is 13.6. The lowest BCUT2D eigenvalue weighted by molar-refractivity contribution is 0.152. The predicted molar refractivity (Wildman–Crippen MR) is 116 cm³/mol. The molecule has 0 amide bonds. The van der Waals surface area contributed by atoms with Gasteiger partial charge in [0.15, 0.2) is 11.5 Å². The van der Waals surface area contributed by atoms with Crippen LogP contribution in [0.3, 0.4) is 0 Å². The Bertz CT molecular complexity index is 1410. The Hall–Kier alpha value is -3.46. The van der Waals surface area contributed by atoms with E-state index in [2.05, 4.69) is 25.0 Å². The van der Waals surface area contributed by atoms with Gasteiger partial charge in [-0.1, -0.05) is 11.6 Å². The van der Waals surface area contributed by atoms with Gasteiger partial charge in [0, 0.05) is 66.6 Å². The number of nitrogens with zero attached hydrogens (tertiary/aromatic N) is 6. The van der Waals surface area contributed by atoms with Crippen LogP contribution < -0.4 is 10.5 Å². The van der Waals surface area contributed by atoms with Crippen molar-refractivity contribution in [3.05, 3.63) is 80.7 Å². The molecule has 0 unspecified atom stereocenters. The van der Waals surface area contributed by atoms with E-state index in [1.165, 1.54) is 29.0 Å². The van der Waals surface area contributed by atoms with Gasteiger partial charge in [0.2, 0.25) is 0 Å². The van der Waals surface area contributed by atoms with Crippen LogP contribution in [0, 0.1) is 6.92 Å².